The fourth-order valence-corrected chi connectivity index (χ4v) is 23.5. The van der Waals surface area contributed by atoms with Gasteiger partial charge in [-0.2, -0.15) is 0 Å². The summed E-state index contributed by atoms with van der Waals surface area (Å²) in [4.78, 5) is 0. The Morgan fingerprint density at radius 2 is 0.524 bits per heavy atom. The average molecular weight is 1010 g/mol. The second-order valence-electron chi connectivity index (χ2n) is 16.6. The van der Waals surface area contributed by atoms with E-state index < -0.39 is 22.6 Å². The molecule has 0 amide bonds. The average Bonchev–Trinajstić information content (AvgIpc) is 3.35. The molecule has 0 spiro atoms. The molecule has 5 heteroatoms. The van der Waals surface area contributed by atoms with Crippen LogP contribution in [0.5, 0.6) is 0 Å². The molecule has 0 aliphatic rings. The zero-order chi connectivity index (χ0) is 41.8. The van der Waals surface area contributed by atoms with Crippen LogP contribution in [0.4, 0.5) is 0 Å². The van der Waals surface area contributed by atoms with Crippen LogP contribution in [0.2, 0.25) is 12.1 Å². The van der Waals surface area contributed by atoms with E-state index in [0.717, 1.165) is 12.3 Å². The van der Waals surface area contributed by atoms with Gasteiger partial charge in [0, 0.05) is 0 Å². The Morgan fingerprint density at radius 1 is 0.302 bits per heavy atom. The third kappa shape index (κ3) is 10.4. The quantitative estimate of drug-likeness (QED) is 0.0750. The Bertz CT molecular complexity index is 2150. The van der Waals surface area contributed by atoms with Gasteiger partial charge in [0.15, 0.2) is 0 Å². The molecule has 0 aromatic heterocycles. The van der Waals surface area contributed by atoms with Crippen molar-refractivity contribution in [3.8, 4) is 0 Å². The van der Waals surface area contributed by atoms with E-state index in [9.17, 15) is 0 Å². The van der Waals surface area contributed by atoms with Crippen LogP contribution in [-0.4, -0.2) is 8.07 Å². The van der Waals surface area contributed by atoms with Crippen LogP contribution in [0.3, 0.4) is 0 Å². The Labute approximate surface area is 401 Å². The standard InChI is InChI=1S/C58H60P2Si.2BrH/c1-3-5-45-61(46-6-4-2,57-41-37-49(38-42-57)47-59(51-25-13-7-14-26-51,52-27-15-8-16-28-52)53-29-17-9-18-30-53)58-43-39-50(40-44-58)48-60(54-31-19-10-20-32-54,55-33-21-11-22-34-55)56-35-23-12-24-36-56;;/h7-44H,3-6,45-48H2,1-2H3;2*1H/q+2;;/p-2. The van der Waals surface area contributed by atoms with Gasteiger partial charge in [-0.1, -0.05) is 208 Å². The van der Waals surface area contributed by atoms with Crippen LogP contribution in [0, 0.1) is 0 Å². The summed E-state index contributed by atoms with van der Waals surface area (Å²) in [5, 5.41) is 11.8. The van der Waals surface area contributed by atoms with E-state index in [0.29, 0.717) is 0 Å². The molecule has 0 bridgehead atoms. The van der Waals surface area contributed by atoms with Gasteiger partial charge in [0.2, 0.25) is 0 Å². The normalized spacial score (nSPS) is 11.6. The number of halogens is 2. The van der Waals surface area contributed by atoms with Crippen LogP contribution < -0.4 is 76.2 Å². The van der Waals surface area contributed by atoms with Gasteiger partial charge in [0.25, 0.3) is 0 Å². The monoisotopic (exact) mass is 1000 g/mol. The first kappa shape index (κ1) is 48.3. The van der Waals surface area contributed by atoms with E-state index >= 15 is 0 Å². The van der Waals surface area contributed by atoms with E-state index in [2.05, 4.69) is 244 Å². The Morgan fingerprint density at radius 3 is 0.730 bits per heavy atom. The molecule has 8 rings (SSSR count). The minimum absolute atomic E-state index is 0. The first-order chi connectivity index (χ1) is 30.1. The van der Waals surface area contributed by atoms with Crippen molar-refractivity contribution in [2.45, 2.75) is 63.9 Å². The van der Waals surface area contributed by atoms with Crippen LogP contribution in [0.1, 0.15) is 50.7 Å². The maximum Gasteiger partial charge on any atom is 0.118 e. The highest BCUT2D eigenvalue weighted by molar-refractivity contribution is 7.95. The highest BCUT2D eigenvalue weighted by atomic mass is 79.9. The number of hydrogen-bond acceptors (Lipinski definition) is 0. The predicted octanol–water partition coefficient (Wildman–Crippen LogP) is 5.85. The molecule has 8 aromatic carbocycles. The molecule has 0 aliphatic heterocycles. The van der Waals surface area contributed by atoms with Gasteiger partial charge in [0.1, 0.15) is 54.4 Å². The number of hydrogen-bond donors (Lipinski definition) is 0. The second-order valence-corrected chi connectivity index (χ2v) is 27.9. The second kappa shape index (κ2) is 23.1. The van der Waals surface area contributed by atoms with Crippen molar-refractivity contribution in [1.29, 1.82) is 0 Å². The van der Waals surface area contributed by atoms with Crippen molar-refractivity contribution < 1.29 is 34.0 Å². The summed E-state index contributed by atoms with van der Waals surface area (Å²) in [6, 6.07) is 90.8. The lowest BCUT2D eigenvalue weighted by Gasteiger charge is -2.34. The van der Waals surface area contributed by atoms with Crippen LogP contribution in [0.25, 0.3) is 0 Å². The summed E-state index contributed by atoms with van der Waals surface area (Å²) in [5.41, 5.74) is 2.84. The van der Waals surface area contributed by atoms with Gasteiger partial charge >= 0.3 is 0 Å². The minimum atomic E-state index is -2.12. The van der Waals surface area contributed by atoms with Crippen molar-refractivity contribution in [3.05, 3.63) is 242 Å². The van der Waals surface area contributed by atoms with Crippen molar-refractivity contribution in [3.63, 3.8) is 0 Å². The van der Waals surface area contributed by atoms with E-state index in [1.54, 1.807) is 10.4 Å². The fraction of sp³-hybridized carbons (Fsp3) is 0.172. The van der Waals surface area contributed by atoms with Gasteiger partial charge in [-0.15, -0.1) is 0 Å². The summed E-state index contributed by atoms with van der Waals surface area (Å²) in [5.74, 6) is 0. The predicted molar refractivity (Wildman–Crippen MR) is 275 cm³/mol. The highest BCUT2D eigenvalue weighted by Gasteiger charge is 2.47. The van der Waals surface area contributed by atoms with E-state index in [4.69, 9.17) is 0 Å². The molecule has 63 heavy (non-hydrogen) atoms. The number of unbranched alkanes of at least 4 members (excludes halogenated alkanes) is 2. The van der Waals surface area contributed by atoms with Gasteiger partial charge in [-0.3, -0.25) is 0 Å². The molecule has 0 nitrogen and oxygen atoms in total. The largest absolute Gasteiger partial charge is 1.00 e. The molecule has 0 radical (unpaired) electrons. The Balaban J connectivity index is 0.00000330. The van der Waals surface area contributed by atoms with Crippen molar-refractivity contribution in [2.75, 3.05) is 0 Å². The van der Waals surface area contributed by atoms with Crippen molar-refractivity contribution in [2.24, 2.45) is 0 Å². The molecule has 0 heterocycles. The van der Waals surface area contributed by atoms with E-state index in [1.165, 1.54) is 80.7 Å². The smallest absolute Gasteiger partial charge is 0.118 e. The lowest BCUT2D eigenvalue weighted by Crippen LogP contribution is -3.00. The lowest BCUT2D eigenvalue weighted by atomic mass is 10.2. The molecule has 0 aliphatic carbocycles. The van der Waals surface area contributed by atoms with Gasteiger partial charge in [0.05, 0.1) is 12.3 Å². The number of rotatable bonds is 18. The van der Waals surface area contributed by atoms with Gasteiger partial charge < -0.3 is 34.0 Å². The Hall–Kier alpha value is -4.20. The molecule has 0 fully saturated rings. The van der Waals surface area contributed by atoms with Crippen molar-refractivity contribution in [1.82, 2.24) is 0 Å². The maximum absolute atomic E-state index is 2.56. The SMILES string of the molecule is CCCC[Si](CCCC)(c1ccc(C[P+](c2ccccc2)(c2ccccc2)c2ccccc2)cc1)c1ccc(C[P+](c2ccccc2)(c2ccccc2)c2ccccc2)cc1.[Br-].[Br-]. The molecule has 0 atom stereocenters. The van der Waals surface area contributed by atoms with Crippen LogP contribution >= 0.6 is 14.5 Å². The fourth-order valence-electron chi connectivity index (χ4n) is 9.77. The summed E-state index contributed by atoms with van der Waals surface area (Å²) in [6.45, 7) is 4.73. The zero-order valence-electron chi connectivity index (χ0n) is 36.7. The molecule has 8 aromatic rings. The first-order valence-corrected chi connectivity index (χ1v) is 28.8. The molecule has 0 N–H and O–H groups in total. The third-order valence-electron chi connectivity index (χ3n) is 12.9. The molecule has 0 unspecified atom stereocenters. The molecule has 0 saturated heterocycles. The topological polar surface area (TPSA) is 0 Å². The van der Waals surface area contributed by atoms with Crippen molar-refractivity contribution >= 4 is 64.8 Å². The molecule has 320 valence electrons. The molecule has 0 saturated carbocycles. The first-order valence-electron chi connectivity index (χ1n) is 22.4. The van der Waals surface area contributed by atoms with Crippen LogP contribution in [-0.2, 0) is 12.3 Å². The van der Waals surface area contributed by atoms with E-state index in [-0.39, 0.29) is 34.0 Å². The summed E-state index contributed by atoms with van der Waals surface area (Å²) in [7, 11) is -6.12. The zero-order valence-corrected chi connectivity index (χ0v) is 42.7. The lowest BCUT2D eigenvalue weighted by molar-refractivity contribution is -0.001000. The maximum atomic E-state index is 2.56. The summed E-state index contributed by atoms with van der Waals surface area (Å²) < 4.78 is 0. The Kier molecular flexibility index (Phi) is 17.7. The molecular weight excluding hydrogens is 946 g/mol. The third-order valence-corrected chi connectivity index (χ3v) is 27.0. The van der Waals surface area contributed by atoms with Gasteiger partial charge in [-0.05, 0) is 96.0 Å². The van der Waals surface area contributed by atoms with Gasteiger partial charge in [-0.25, -0.2) is 0 Å². The summed E-state index contributed by atoms with van der Waals surface area (Å²) >= 11 is 0. The minimum Gasteiger partial charge on any atom is -1.00 e. The molecular formula is C58H60Br2P2Si. The highest BCUT2D eigenvalue weighted by Crippen LogP contribution is 2.59. The summed E-state index contributed by atoms with van der Waals surface area (Å²) in [6.07, 6.45) is 6.94. The van der Waals surface area contributed by atoms with Crippen LogP contribution in [0.15, 0.2) is 231 Å². The van der Waals surface area contributed by atoms with E-state index in [1.807, 2.05) is 0 Å². The number of benzene rings is 8.